The summed E-state index contributed by atoms with van der Waals surface area (Å²) in [5.74, 6) is -0.577. The minimum absolute atomic E-state index is 0.0197. The molecule has 0 radical (unpaired) electrons. The number of hydrogen-bond acceptors (Lipinski definition) is 2. The monoisotopic (exact) mass is 441 g/mol. The van der Waals surface area contributed by atoms with Crippen molar-refractivity contribution in [3.63, 3.8) is 0 Å². The molecule has 3 aromatic rings. The molecular formula is C28H31N3O2. The fourth-order valence-corrected chi connectivity index (χ4v) is 4.24. The molecule has 1 fully saturated rings. The van der Waals surface area contributed by atoms with E-state index in [1.807, 2.05) is 95.5 Å². The summed E-state index contributed by atoms with van der Waals surface area (Å²) in [4.78, 5) is 30.9. The van der Waals surface area contributed by atoms with Crippen molar-refractivity contribution in [2.24, 2.45) is 7.05 Å². The molecular weight excluding hydrogens is 410 g/mol. The molecule has 0 N–H and O–H groups in total. The summed E-state index contributed by atoms with van der Waals surface area (Å²) >= 11 is 0. The molecule has 0 atom stereocenters. The summed E-state index contributed by atoms with van der Waals surface area (Å²) in [7, 11) is 1.99. The second-order valence-corrected chi connectivity index (χ2v) is 8.63. The van der Waals surface area contributed by atoms with Crippen molar-refractivity contribution in [1.29, 1.82) is 0 Å². The molecule has 0 aliphatic heterocycles. The van der Waals surface area contributed by atoms with Gasteiger partial charge in [-0.25, -0.2) is 0 Å². The first-order valence-electron chi connectivity index (χ1n) is 11.5. The van der Waals surface area contributed by atoms with Crippen LogP contribution >= 0.6 is 0 Å². The minimum atomic E-state index is -0.470. The molecule has 5 nitrogen and oxygen atoms in total. The van der Waals surface area contributed by atoms with Gasteiger partial charge in [-0.2, -0.15) is 0 Å². The van der Waals surface area contributed by atoms with Crippen LogP contribution in [0.1, 0.15) is 35.6 Å². The van der Waals surface area contributed by atoms with Gasteiger partial charge in [0.2, 0.25) is 11.8 Å². The van der Waals surface area contributed by atoms with Crippen LogP contribution in [-0.4, -0.2) is 45.3 Å². The Balaban J connectivity index is 1.58. The Kier molecular flexibility index (Phi) is 7.08. The van der Waals surface area contributed by atoms with Gasteiger partial charge < -0.3 is 14.4 Å². The van der Waals surface area contributed by atoms with Gasteiger partial charge in [0.1, 0.15) is 6.54 Å². The maximum Gasteiger partial charge on any atom is 0.242 e. The molecule has 33 heavy (non-hydrogen) atoms. The Bertz CT molecular complexity index is 1050. The zero-order valence-electron chi connectivity index (χ0n) is 19.1. The molecule has 170 valence electrons. The summed E-state index contributed by atoms with van der Waals surface area (Å²) in [6.07, 6.45) is 5.71. The number of amides is 2. The van der Waals surface area contributed by atoms with Crippen LogP contribution in [0.5, 0.6) is 0 Å². The standard InChI is InChI=1S/C28H31N3O2/c1-3-18-30(21-26(32)31(24-16-17-24)20-25-15-10-19-29(25)2)28(33)27(22-11-6-4-7-12-22)23-13-8-5-9-14-23/h3-15,19,24,27H,1,16-18,20-21H2,2H3. The van der Waals surface area contributed by atoms with Crippen LogP contribution in [-0.2, 0) is 23.2 Å². The Hall–Kier alpha value is -3.60. The van der Waals surface area contributed by atoms with Crippen molar-refractivity contribution in [2.45, 2.75) is 31.3 Å². The molecule has 2 aromatic carbocycles. The third kappa shape index (κ3) is 5.43. The molecule has 0 saturated heterocycles. The van der Waals surface area contributed by atoms with Gasteiger partial charge in [-0.3, -0.25) is 9.59 Å². The van der Waals surface area contributed by atoms with E-state index in [2.05, 4.69) is 6.58 Å². The van der Waals surface area contributed by atoms with Crippen molar-refractivity contribution in [2.75, 3.05) is 13.1 Å². The number of hydrogen-bond donors (Lipinski definition) is 0. The third-order valence-corrected chi connectivity index (χ3v) is 6.19. The number of rotatable bonds is 10. The number of aromatic nitrogens is 1. The second-order valence-electron chi connectivity index (χ2n) is 8.63. The Morgan fingerprint density at radius 3 is 2.09 bits per heavy atom. The van der Waals surface area contributed by atoms with Crippen molar-refractivity contribution in [3.05, 3.63) is 108 Å². The number of nitrogens with zero attached hydrogens (tertiary/aromatic N) is 3. The van der Waals surface area contributed by atoms with Gasteiger partial charge >= 0.3 is 0 Å². The highest BCUT2D eigenvalue weighted by molar-refractivity contribution is 5.91. The normalized spacial score (nSPS) is 13.0. The number of benzene rings is 2. The molecule has 0 unspecified atom stereocenters. The van der Waals surface area contributed by atoms with Gasteiger partial charge in [-0.1, -0.05) is 66.7 Å². The highest BCUT2D eigenvalue weighted by Gasteiger charge is 2.35. The summed E-state index contributed by atoms with van der Waals surface area (Å²) in [5.41, 5.74) is 2.92. The number of carbonyl (C=O) groups is 2. The predicted molar refractivity (Wildman–Crippen MR) is 130 cm³/mol. The van der Waals surface area contributed by atoms with Crippen LogP contribution in [0.2, 0.25) is 0 Å². The van der Waals surface area contributed by atoms with E-state index in [1.54, 1.807) is 11.0 Å². The largest absolute Gasteiger partial charge is 0.353 e. The van der Waals surface area contributed by atoms with E-state index in [1.165, 1.54) is 0 Å². The predicted octanol–water partition coefficient (Wildman–Crippen LogP) is 4.36. The Morgan fingerprint density at radius 1 is 1.00 bits per heavy atom. The van der Waals surface area contributed by atoms with Crippen molar-refractivity contribution in [1.82, 2.24) is 14.4 Å². The smallest absolute Gasteiger partial charge is 0.242 e. The SMILES string of the molecule is C=CCN(CC(=O)N(Cc1cccn1C)C1CC1)C(=O)C(c1ccccc1)c1ccccc1. The first-order valence-corrected chi connectivity index (χ1v) is 11.5. The topological polar surface area (TPSA) is 45.6 Å². The van der Waals surface area contributed by atoms with Gasteiger partial charge in [0.25, 0.3) is 0 Å². The molecule has 1 heterocycles. The van der Waals surface area contributed by atoms with Crippen molar-refractivity contribution in [3.8, 4) is 0 Å². The average Bonchev–Trinajstić information content (AvgIpc) is 3.60. The van der Waals surface area contributed by atoms with Crippen LogP contribution in [0.15, 0.2) is 91.6 Å². The maximum atomic E-state index is 13.9. The molecule has 1 aliphatic rings. The van der Waals surface area contributed by atoms with Crippen LogP contribution < -0.4 is 0 Å². The quantitative estimate of drug-likeness (QED) is 0.439. The average molecular weight is 442 g/mol. The van der Waals surface area contributed by atoms with Crippen LogP contribution in [0, 0.1) is 0 Å². The van der Waals surface area contributed by atoms with Crippen LogP contribution in [0.25, 0.3) is 0 Å². The lowest BCUT2D eigenvalue weighted by Gasteiger charge is -2.30. The van der Waals surface area contributed by atoms with Gasteiger partial charge in [0.05, 0.1) is 12.5 Å². The third-order valence-electron chi connectivity index (χ3n) is 6.19. The highest BCUT2D eigenvalue weighted by Crippen LogP contribution is 2.30. The summed E-state index contributed by atoms with van der Waals surface area (Å²) in [6.45, 7) is 4.76. The van der Waals surface area contributed by atoms with E-state index in [-0.39, 0.29) is 24.4 Å². The van der Waals surface area contributed by atoms with Crippen LogP contribution in [0.3, 0.4) is 0 Å². The number of carbonyl (C=O) groups excluding carboxylic acids is 2. The van der Waals surface area contributed by atoms with Gasteiger partial charge in [0, 0.05) is 31.5 Å². The Morgan fingerprint density at radius 2 is 1.61 bits per heavy atom. The van der Waals surface area contributed by atoms with Crippen molar-refractivity contribution < 1.29 is 9.59 Å². The fraction of sp³-hybridized carbons (Fsp3) is 0.286. The van der Waals surface area contributed by atoms with E-state index in [4.69, 9.17) is 0 Å². The van der Waals surface area contributed by atoms with Crippen LogP contribution in [0.4, 0.5) is 0 Å². The van der Waals surface area contributed by atoms with E-state index in [0.29, 0.717) is 13.1 Å². The highest BCUT2D eigenvalue weighted by atomic mass is 16.2. The van der Waals surface area contributed by atoms with E-state index >= 15 is 0 Å². The van der Waals surface area contributed by atoms with E-state index in [0.717, 1.165) is 29.7 Å². The Labute approximate surface area is 195 Å². The molecule has 4 rings (SSSR count). The minimum Gasteiger partial charge on any atom is -0.353 e. The first kappa shape index (κ1) is 22.6. The molecule has 2 amide bonds. The van der Waals surface area contributed by atoms with Gasteiger partial charge in [0.15, 0.2) is 0 Å². The lowest BCUT2D eigenvalue weighted by molar-refractivity contribution is -0.141. The molecule has 0 spiro atoms. The second kappa shape index (κ2) is 10.3. The van der Waals surface area contributed by atoms with Gasteiger partial charge in [-0.15, -0.1) is 6.58 Å². The van der Waals surface area contributed by atoms with E-state index < -0.39 is 5.92 Å². The molecule has 1 saturated carbocycles. The number of aryl methyl sites for hydroxylation is 1. The lowest BCUT2D eigenvalue weighted by Crippen LogP contribution is -2.45. The zero-order valence-corrected chi connectivity index (χ0v) is 19.1. The molecule has 0 bridgehead atoms. The summed E-state index contributed by atoms with van der Waals surface area (Å²) in [6, 6.07) is 23.8. The first-order chi connectivity index (χ1) is 16.1. The van der Waals surface area contributed by atoms with E-state index in [9.17, 15) is 9.59 Å². The fourth-order valence-electron chi connectivity index (χ4n) is 4.24. The molecule has 5 heteroatoms. The summed E-state index contributed by atoms with van der Waals surface area (Å²) in [5, 5.41) is 0. The van der Waals surface area contributed by atoms with Gasteiger partial charge in [-0.05, 0) is 36.1 Å². The van der Waals surface area contributed by atoms with Crippen molar-refractivity contribution >= 4 is 11.8 Å². The summed E-state index contributed by atoms with van der Waals surface area (Å²) < 4.78 is 2.04. The molecule has 1 aliphatic carbocycles. The zero-order chi connectivity index (χ0) is 23.2. The molecule has 1 aromatic heterocycles. The maximum absolute atomic E-state index is 13.9. The lowest BCUT2D eigenvalue weighted by atomic mass is 9.90.